The van der Waals surface area contributed by atoms with Crippen LogP contribution in [0.5, 0.6) is 5.75 Å². The van der Waals surface area contributed by atoms with Gasteiger partial charge >= 0.3 is 5.97 Å². The Morgan fingerprint density at radius 1 is 0.886 bits per heavy atom. The van der Waals surface area contributed by atoms with Gasteiger partial charge in [-0.1, -0.05) is 30.3 Å². The summed E-state index contributed by atoms with van der Waals surface area (Å²) in [6.07, 6.45) is -0.977. The molecule has 2 aliphatic heterocycles. The van der Waals surface area contributed by atoms with Gasteiger partial charge in [-0.15, -0.1) is 0 Å². The topological polar surface area (TPSA) is 85.4 Å². The van der Waals surface area contributed by atoms with Crippen LogP contribution in [0.2, 0.25) is 0 Å². The number of hydrogen-bond donors (Lipinski definition) is 0. The Morgan fingerprint density at radius 2 is 1.57 bits per heavy atom. The van der Waals surface area contributed by atoms with Crippen molar-refractivity contribution in [3.8, 4) is 5.75 Å². The molecular formula is C27H24N2O6. The van der Waals surface area contributed by atoms with Crippen LogP contribution < -0.4 is 14.7 Å². The first kappa shape index (κ1) is 22.6. The predicted molar refractivity (Wildman–Crippen MR) is 128 cm³/mol. The van der Waals surface area contributed by atoms with Crippen LogP contribution in [-0.4, -0.2) is 38.1 Å². The van der Waals surface area contributed by atoms with Crippen molar-refractivity contribution in [3.05, 3.63) is 89.5 Å². The average Bonchev–Trinajstić information content (AvgIpc) is 3.39. The third-order valence-electron chi connectivity index (χ3n) is 6.47. The molecule has 0 spiro atoms. The second-order valence-corrected chi connectivity index (χ2v) is 8.43. The Kier molecular flexibility index (Phi) is 5.74. The fourth-order valence-corrected chi connectivity index (χ4v) is 4.69. The zero-order valence-electron chi connectivity index (χ0n) is 19.5. The number of imide groups is 1. The summed E-state index contributed by atoms with van der Waals surface area (Å²) in [5.41, 5.74) is 3.30. The number of carbonyl (C=O) groups is 3. The molecule has 0 bridgehead atoms. The van der Waals surface area contributed by atoms with E-state index in [1.807, 2.05) is 31.2 Å². The van der Waals surface area contributed by atoms with Crippen molar-refractivity contribution >= 4 is 29.2 Å². The van der Waals surface area contributed by atoms with Crippen molar-refractivity contribution < 1.29 is 28.7 Å². The second kappa shape index (κ2) is 8.88. The number of amides is 2. The van der Waals surface area contributed by atoms with E-state index in [4.69, 9.17) is 14.3 Å². The highest BCUT2D eigenvalue weighted by molar-refractivity contribution is 6.24. The number of esters is 1. The van der Waals surface area contributed by atoms with Crippen molar-refractivity contribution in [2.75, 3.05) is 24.2 Å². The van der Waals surface area contributed by atoms with Crippen LogP contribution in [0.4, 0.5) is 11.4 Å². The first-order valence-corrected chi connectivity index (χ1v) is 11.2. The van der Waals surface area contributed by atoms with E-state index in [0.717, 1.165) is 16.8 Å². The molecule has 0 N–H and O–H groups in total. The molecular weight excluding hydrogens is 448 g/mol. The van der Waals surface area contributed by atoms with Crippen molar-refractivity contribution in [1.82, 2.24) is 0 Å². The molecule has 0 unspecified atom stereocenters. The molecule has 178 valence electrons. The fraction of sp³-hybridized carbons (Fsp3) is 0.222. The lowest BCUT2D eigenvalue weighted by atomic mass is 9.90. The zero-order valence-corrected chi connectivity index (χ0v) is 19.5. The van der Waals surface area contributed by atoms with Crippen LogP contribution in [0.1, 0.15) is 27.5 Å². The van der Waals surface area contributed by atoms with Crippen molar-refractivity contribution in [1.29, 1.82) is 0 Å². The molecule has 8 heteroatoms. The Balaban J connectivity index is 1.56. The van der Waals surface area contributed by atoms with Crippen LogP contribution in [0, 0.1) is 12.8 Å². The van der Waals surface area contributed by atoms with Gasteiger partial charge in [0, 0.05) is 0 Å². The minimum Gasteiger partial charge on any atom is -0.497 e. The van der Waals surface area contributed by atoms with Crippen molar-refractivity contribution in [3.63, 3.8) is 0 Å². The minimum atomic E-state index is -0.977. The number of rotatable bonds is 5. The van der Waals surface area contributed by atoms with Gasteiger partial charge in [-0.25, -0.2) is 14.8 Å². The molecule has 0 aromatic heterocycles. The Bertz CT molecular complexity index is 1290. The maximum atomic E-state index is 13.7. The number of anilines is 2. The van der Waals surface area contributed by atoms with Gasteiger partial charge in [0.1, 0.15) is 11.7 Å². The number of carbonyl (C=O) groups excluding carboxylic acids is 3. The minimum absolute atomic E-state index is 0.344. The summed E-state index contributed by atoms with van der Waals surface area (Å²) in [5, 5.41) is 1.65. The van der Waals surface area contributed by atoms with E-state index in [9.17, 15) is 14.4 Å². The summed E-state index contributed by atoms with van der Waals surface area (Å²) in [5.74, 6) is -1.36. The van der Waals surface area contributed by atoms with E-state index < -0.39 is 29.9 Å². The highest BCUT2D eigenvalue weighted by Gasteiger charge is 2.60. The monoisotopic (exact) mass is 472 g/mol. The van der Waals surface area contributed by atoms with Crippen molar-refractivity contribution in [2.24, 2.45) is 5.92 Å². The number of benzene rings is 3. The third-order valence-corrected chi connectivity index (χ3v) is 6.47. The van der Waals surface area contributed by atoms with Gasteiger partial charge in [-0.05, 0) is 60.5 Å². The molecule has 5 rings (SSSR count). The molecule has 2 fully saturated rings. The number of hydrogen-bond acceptors (Lipinski definition) is 7. The maximum absolute atomic E-state index is 13.7. The summed E-state index contributed by atoms with van der Waals surface area (Å²) in [7, 11) is 2.87. The van der Waals surface area contributed by atoms with Crippen LogP contribution in [-0.2, 0) is 19.2 Å². The number of para-hydroxylation sites is 1. The molecule has 0 saturated carbocycles. The zero-order chi connectivity index (χ0) is 24.7. The van der Waals surface area contributed by atoms with E-state index in [0.29, 0.717) is 17.0 Å². The fourth-order valence-electron chi connectivity index (χ4n) is 4.69. The molecule has 3 aromatic rings. The van der Waals surface area contributed by atoms with Gasteiger partial charge in [0.2, 0.25) is 5.91 Å². The number of fused-ring (bicyclic) bond motifs is 1. The molecule has 2 amide bonds. The highest BCUT2D eigenvalue weighted by Crippen LogP contribution is 2.48. The quantitative estimate of drug-likeness (QED) is 0.412. The van der Waals surface area contributed by atoms with Gasteiger partial charge in [0.15, 0.2) is 6.10 Å². The lowest BCUT2D eigenvalue weighted by Gasteiger charge is -2.29. The molecule has 0 radical (unpaired) electrons. The molecule has 35 heavy (non-hydrogen) atoms. The first-order chi connectivity index (χ1) is 16.9. The smallest absolute Gasteiger partial charge is 0.337 e. The molecule has 3 aromatic carbocycles. The Hall–Kier alpha value is -4.17. The predicted octanol–water partition coefficient (Wildman–Crippen LogP) is 3.84. The highest BCUT2D eigenvalue weighted by atomic mass is 16.7. The Labute approximate surface area is 202 Å². The van der Waals surface area contributed by atoms with E-state index in [1.54, 1.807) is 60.7 Å². The summed E-state index contributed by atoms with van der Waals surface area (Å²) >= 11 is 0. The molecule has 0 aliphatic carbocycles. The molecule has 2 saturated heterocycles. The van der Waals surface area contributed by atoms with Gasteiger partial charge in [-0.3, -0.25) is 14.4 Å². The summed E-state index contributed by atoms with van der Waals surface area (Å²) in [6, 6.07) is 20.6. The van der Waals surface area contributed by atoms with Crippen LogP contribution in [0.15, 0.2) is 72.8 Å². The number of ether oxygens (including phenoxy) is 2. The van der Waals surface area contributed by atoms with Crippen LogP contribution in [0.3, 0.4) is 0 Å². The molecule has 8 nitrogen and oxygen atoms in total. The van der Waals surface area contributed by atoms with E-state index in [1.165, 1.54) is 12.0 Å². The second-order valence-electron chi connectivity index (χ2n) is 8.43. The number of aryl methyl sites for hydroxylation is 1. The summed E-state index contributed by atoms with van der Waals surface area (Å²) in [4.78, 5) is 46.5. The van der Waals surface area contributed by atoms with Crippen LogP contribution >= 0.6 is 0 Å². The van der Waals surface area contributed by atoms with E-state index >= 15 is 0 Å². The first-order valence-electron chi connectivity index (χ1n) is 11.2. The average molecular weight is 472 g/mol. The van der Waals surface area contributed by atoms with E-state index in [-0.39, 0.29) is 5.91 Å². The van der Waals surface area contributed by atoms with Gasteiger partial charge < -0.3 is 9.47 Å². The number of methoxy groups -OCH3 is 2. The third kappa shape index (κ3) is 3.72. The van der Waals surface area contributed by atoms with Gasteiger partial charge in [0.25, 0.3) is 5.91 Å². The molecule has 2 heterocycles. The molecule has 2 aliphatic rings. The summed E-state index contributed by atoms with van der Waals surface area (Å²) < 4.78 is 9.99. The normalized spacial score (nSPS) is 21.3. The van der Waals surface area contributed by atoms with Gasteiger partial charge in [0.05, 0.1) is 37.2 Å². The van der Waals surface area contributed by atoms with Crippen molar-refractivity contribution in [2.45, 2.75) is 19.1 Å². The lowest BCUT2D eigenvalue weighted by molar-refractivity contribution is -0.126. The largest absolute Gasteiger partial charge is 0.497 e. The maximum Gasteiger partial charge on any atom is 0.337 e. The van der Waals surface area contributed by atoms with Crippen LogP contribution in [0.25, 0.3) is 0 Å². The summed E-state index contributed by atoms with van der Waals surface area (Å²) in [6.45, 7) is 1.94. The standard InChI is InChI=1S/C27H24N2O6/c1-16-6-4-5-7-21(16)29-23(17-8-10-18(11-9-17)27(32)34-3)22-24(35-29)26(31)28(25(22)30)19-12-14-20(33-2)15-13-19/h4-15,22-24H,1-3H3/t22-,23-,24+/m0/s1. The lowest BCUT2D eigenvalue weighted by Crippen LogP contribution is -2.37. The van der Waals surface area contributed by atoms with Gasteiger partial charge in [-0.2, -0.15) is 0 Å². The SMILES string of the molecule is COC(=O)c1ccc([C@H]2[C@@H]3C(=O)N(c4ccc(OC)cc4)C(=O)[C@@H]3ON2c2ccccc2C)cc1. The number of nitrogens with zero attached hydrogens (tertiary/aromatic N) is 2. The number of hydroxylamine groups is 1. The Morgan fingerprint density at radius 3 is 2.20 bits per heavy atom. The van der Waals surface area contributed by atoms with E-state index in [2.05, 4.69) is 0 Å². The molecule has 3 atom stereocenters.